The Morgan fingerprint density at radius 1 is 1.64 bits per heavy atom. The van der Waals surface area contributed by atoms with E-state index in [0.717, 1.165) is 0 Å². The molecular formula is C8H9ClN2O3. The molecule has 0 amide bonds. The highest BCUT2D eigenvalue weighted by Gasteiger charge is 2.13. The van der Waals surface area contributed by atoms with Crippen LogP contribution in [0.15, 0.2) is 18.2 Å². The second-order valence-corrected chi connectivity index (χ2v) is 2.89. The topological polar surface area (TPSA) is 64.4 Å². The maximum absolute atomic E-state index is 10.6. The van der Waals surface area contributed by atoms with Gasteiger partial charge in [0.15, 0.2) is 0 Å². The van der Waals surface area contributed by atoms with Crippen LogP contribution in [-0.4, -0.2) is 11.5 Å². The first-order chi connectivity index (χ1) is 6.65. The van der Waals surface area contributed by atoms with Gasteiger partial charge in [0, 0.05) is 11.1 Å². The molecule has 6 heteroatoms. The van der Waals surface area contributed by atoms with Crippen molar-refractivity contribution < 1.29 is 9.76 Å². The summed E-state index contributed by atoms with van der Waals surface area (Å²) < 4.78 is 0. The molecule has 14 heavy (non-hydrogen) atoms. The van der Waals surface area contributed by atoms with Crippen molar-refractivity contribution in [3.05, 3.63) is 33.3 Å². The first-order valence-electron chi connectivity index (χ1n) is 3.97. The number of anilines is 1. The van der Waals surface area contributed by atoms with Crippen molar-refractivity contribution in [3.8, 4) is 0 Å². The highest BCUT2D eigenvalue weighted by Crippen LogP contribution is 2.27. The number of nitrogens with one attached hydrogen (secondary N) is 1. The predicted octanol–water partition coefficient (Wildman–Crippen LogP) is 2.61. The Balaban J connectivity index is 2.96. The molecule has 0 aliphatic carbocycles. The third kappa shape index (κ3) is 2.58. The highest BCUT2D eigenvalue weighted by molar-refractivity contribution is 6.30. The number of hydrogen-bond donors (Lipinski definition) is 1. The third-order valence-corrected chi connectivity index (χ3v) is 1.72. The summed E-state index contributed by atoms with van der Waals surface area (Å²) in [6.07, 6.45) is 0. The fourth-order valence-electron chi connectivity index (χ4n) is 0.892. The molecule has 1 aromatic carbocycles. The minimum Gasteiger partial charge on any atom is -0.276 e. The van der Waals surface area contributed by atoms with E-state index in [9.17, 15) is 10.1 Å². The highest BCUT2D eigenvalue weighted by atomic mass is 35.5. The van der Waals surface area contributed by atoms with Gasteiger partial charge in [-0.1, -0.05) is 11.6 Å². The van der Waals surface area contributed by atoms with E-state index in [1.165, 1.54) is 12.1 Å². The molecule has 0 aliphatic rings. The maximum atomic E-state index is 10.6. The molecular weight excluding hydrogens is 208 g/mol. The predicted molar refractivity (Wildman–Crippen MR) is 53.4 cm³/mol. The average molecular weight is 217 g/mol. The lowest BCUT2D eigenvalue weighted by molar-refractivity contribution is -0.384. The van der Waals surface area contributed by atoms with E-state index in [1.807, 2.05) is 0 Å². The molecule has 0 bridgehead atoms. The average Bonchev–Trinajstić information content (AvgIpc) is 2.15. The Morgan fingerprint density at radius 2 is 2.36 bits per heavy atom. The summed E-state index contributed by atoms with van der Waals surface area (Å²) in [5.74, 6) is 0. The van der Waals surface area contributed by atoms with Gasteiger partial charge in [0.25, 0.3) is 5.69 Å². The second kappa shape index (κ2) is 4.78. The molecule has 0 heterocycles. The van der Waals surface area contributed by atoms with Crippen LogP contribution in [-0.2, 0) is 4.84 Å². The van der Waals surface area contributed by atoms with Crippen LogP contribution >= 0.6 is 11.6 Å². The zero-order valence-corrected chi connectivity index (χ0v) is 8.25. The summed E-state index contributed by atoms with van der Waals surface area (Å²) in [7, 11) is 0. The smallest absolute Gasteiger partial charge is 0.276 e. The molecule has 0 spiro atoms. The fourth-order valence-corrected chi connectivity index (χ4v) is 1.06. The van der Waals surface area contributed by atoms with Crippen LogP contribution in [0.1, 0.15) is 6.92 Å². The van der Waals surface area contributed by atoms with E-state index in [1.54, 1.807) is 13.0 Å². The van der Waals surface area contributed by atoms with Gasteiger partial charge in [0.1, 0.15) is 5.69 Å². The number of nitro benzene ring substituents is 1. The molecule has 0 radical (unpaired) electrons. The standard InChI is InChI=1S/C8H9ClN2O3/c1-2-14-10-7-4-3-6(9)5-8(7)11(12)13/h3-5,10H,2H2,1H3. The summed E-state index contributed by atoms with van der Waals surface area (Å²) >= 11 is 5.62. The second-order valence-electron chi connectivity index (χ2n) is 2.45. The van der Waals surface area contributed by atoms with Crippen molar-refractivity contribution in [1.82, 2.24) is 0 Å². The molecule has 1 rings (SSSR count). The zero-order valence-electron chi connectivity index (χ0n) is 7.49. The minimum absolute atomic E-state index is 0.106. The van der Waals surface area contributed by atoms with Crippen molar-refractivity contribution in [3.63, 3.8) is 0 Å². The third-order valence-electron chi connectivity index (χ3n) is 1.48. The van der Waals surface area contributed by atoms with Crippen LogP contribution < -0.4 is 5.48 Å². The first-order valence-corrected chi connectivity index (χ1v) is 4.34. The molecule has 0 saturated heterocycles. The van der Waals surface area contributed by atoms with Crippen molar-refractivity contribution in [2.24, 2.45) is 0 Å². The summed E-state index contributed by atoms with van der Waals surface area (Å²) in [6, 6.07) is 4.31. The number of nitrogens with zero attached hydrogens (tertiary/aromatic N) is 1. The van der Waals surface area contributed by atoms with Gasteiger partial charge in [-0.3, -0.25) is 20.4 Å². The summed E-state index contributed by atoms with van der Waals surface area (Å²) in [4.78, 5) is 14.9. The maximum Gasteiger partial charge on any atom is 0.296 e. The SMILES string of the molecule is CCONc1ccc(Cl)cc1[N+](=O)[O-]. The van der Waals surface area contributed by atoms with Gasteiger partial charge in [-0.05, 0) is 19.1 Å². The lowest BCUT2D eigenvalue weighted by Crippen LogP contribution is -2.03. The van der Waals surface area contributed by atoms with Gasteiger partial charge in [-0.15, -0.1) is 0 Å². The van der Waals surface area contributed by atoms with Gasteiger partial charge in [-0.2, -0.15) is 0 Å². The Bertz CT molecular complexity index is 343. The molecule has 76 valence electrons. The quantitative estimate of drug-likeness (QED) is 0.621. The number of halogens is 1. The zero-order chi connectivity index (χ0) is 10.6. The molecule has 0 unspecified atom stereocenters. The van der Waals surface area contributed by atoms with E-state index < -0.39 is 4.92 Å². The van der Waals surface area contributed by atoms with E-state index >= 15 is 0 Å². The first kappa shape index (κ1) is 10.7. The monoisotopic (exact) mass is 216 g/mol. The van der Waals surface area contributed by atoms with E-state index in [2.05, 4.69) is 5.48 Å². The fraction of sp³-hybridized carbons (Fsp3) is 0.250. The van der Waals surface area contributed by atoms with E-state index in [4.69, 9.17) is 16.4 Å². The van der Waals surface area contributed by atoms with Crippen LogP contribution in [0, 0.1) is 10.1 Å². The molecule has 0 saturated carbocycles. The number of rotatable bonds is 4. The molecule has 0 atom stereocenters. The molecule has 5 nitrogen and oxygen atoms in total. The van der Waals surface area contributed by atoms with Crippen molar-refractivity contribution in [2.45, 2.75) is 6.92 Å². The van der Waals surface area contributed by atoms with Gasteiger partial charge < -0.3 is 0 Å². The number of hydrogen-bond acceptors (Lipinski definition) is 4. The van der Waals surface area contributed by atoms with Crippen LogP contribution in [0.5, 0.6) is 0 Å². The van der Waals surface area contributed by atoms with Gasteiger partial charge in [0.05, 0.1) is 11.5 Å². The largest absolute Gasteiger partial charge is 0.296 e. The van der Waals surface area contributed by atoms with Crippen LogP contribution in [0.2, 0.25) is 5.02 Å². The Kier molecular flexibility index (Phi) is 3.67. The van der Waals surface area contributed by atoms with Gasteiger partial charge in [-0.25, -0.2) is 0 Å². The van der Waals surface area contributed by atoms with Crippen LogP contribution in [0.25, 0.3) is 0 Å². The molecule has 1 N–H and O–H groups in total. The normalized spacial score (nSPS) is 9.86. The summed E-state index contributed by atoms with van der Waals surface area (Å²) in [5.41, 5.74) is 2.66. The minimum atomic E-state index is -0.521. The number of benzene rings is 1. The lowest BCUT2D eigenvalue weighted by atomic mass is 10.3. The molecule has 0 aliphatic heterocycles. The lowest BCUT2D eigenvalue weighted by Gasteiger charge is -2.05. The Labute approximate surface area is 85.7 Å². The van der Waals surface area contributed by atoms with Crippen molar-refractivity contribution in [1.29, 1.82) is 0 Å². The van der Waals surface area contributed by atoms with Gasteiger partial charge >= 0.3 is 0 Å². The summed E-state index contributed by atoms with van der Waals surface area (Å²) in [6.45, 7) is 2.19. The Morgan fingerprint density at radius 3 is 2.93 bits per heavy atom. The number of nitro groups is 1. The van der Waals surface area contributed by atoms with Crippen LogP contribution in [0.3, 0.4) is 0 Å². The Hall–Kier alpha value is -1.33. The molecule has 0 fully saturated rings. The van der Waals surface area contributed by atoms with Crippen LogP contribution in [0.4, 0.5) is 11.4 Å². The molecule has 1 aromatic rings. The van der Waals surface area contributed by atoms with Gasteiger partial charge in [0.2, 0.25) is 0 Å². The van der Waals surface area contributed by atoms with Crippen molar-refractivity contribution >= 4 is 23.0 Å². The van der Waals surface area contributed by atoms with E-state index in [-0.39, 0.29) is 5.69 Å². The van der Waals surface area contributed by atoms with E-state index in [0.29, 0.717) is 17.3 Å². The van der Waals surface area contributed by atoms with Crippen molar-refractivity contribution in [2.75, 3.05) is 12.1 Å². The summed E-state index contributed by atoms with van der Waals surface area (Å²) in [5, 5.41) is 10.9. The molecule has 0 aromatic heterocycles.